The van der Waals surface area contributed by atoms with E-state index in [1.54, 1.807) is 0 Å². The summed E-state index contributed by atoms with van der Waals surface area (Å²) >= 11 is 0. The van der Waals surface area contributed by atoms with E-state index in [0.29, 0.717) is 17.5 Å². The smallest absolute Gasteiger partial charge is 0.164 e. The fourth-order valence-corrected chi connectivity index (χ4v) is 8.99. The minimum atomic E-state index is -0.132. The lowest BCUT2D eigenvalue weighted by molar-refractivity contribution is 0.584. The number of rotatable bonds is 4. The molecule has 6 aromatic carbocycles. The number of aromatic nitrogens is 3. The second-order valence-corrected chi connectivity index (χ2v) is 14.8. The third-order valence-corrected chi connectivity index (χ3v) is 11.5. The van der Waals surface area contributed by atoms with Gasteiger partial charge in [0, 0.05) is 50.3 Å². The lowest BCUT2D eigenvalue weighted by Gasteiger charge is -2.30. The van der Waals surface area contributed by atoms with E-state index >= 15 is 0 Å². The average Bonchev–Trinajstić information content (AvgIpc) is 3.83. The second kappa shape index (κ2) is 11.2. The van der Waals surface area contributed by atoms with Gasteiger partial charge in [0.25, 0.3) is 0 Å². The van der Waals surface area contributed by atoms with Gasteiger partial charge in [-0.25, -0.2) is 15.0 Å². The minimum absolute atomic E-state index is 0.107. The summed E-state index contributed by atoms with van der Waals surface area (Å²) in [5.41, 5.74) is 13.7. The van der Waals surface area contributed by atoms with Crippen LogP contribution < -0.4 is 4.90 Å². The first-order valence-electron chi connectivity index (χ1n) is 18.3. The Kier molecular flexibility index (Phi) is 6.36. The van der Waals surface area contributed by atoms with E-state index in [-0.39, 0.29) is 17.4 Å². The highest BCUT2D eigenvalue weighted by atomic mass is 16.3. The molecule has 2 aliphatic carbocycles. The number of para-hydroxylation sites is 2. The third kappa shape index (κ3) is 4.47. The zero-order valence-corrected chi connectivity index (χ0v) is 29.4. The molecule has 0 spiro atoms. The predicted octanol–water partition coefficient (Wildman–Crippen LogP) is 11.6. The lowest BCUT2D eigenvalue weighted by Crippen LogP contribution is -2.30. The maximum atomic E-state index is 6.56. The quantitative estimate of drug-likeness (QED) is 0.185. The van der Waals surface area contributed by atoms with Gasteiger partial charge < -0.3 is 9.32 Å². The number of anilines is 2. The van der Waals surface area contributed by atoms with Gasteiger partial charge in [-0.3, -0.25) is 0 Å². The molecule has 2 atom stereocenters. The standard InChI is InChI=1S/C48H34N4O/c1-48(2)37-19-11-9-17-33(37)34-23-21-31(28-38(34)48)47-50-45(29-13-5-3-6-14-29)49-46(51-47)30-22-25-41-36(27-30)44-42(53-41)26-24-40-43(44)35-18-10-12-20-39(35)52(40)32-15-7-4-8-16-32/h3-28,40,43H,1-2H3. The highest BCUT2D eigenvalue weighted by molar-refractivity contribution is 5.93. The van der Waals surface area contributed by atoms with Crippen molar-refractivity contribution in [1.82, 2.24) is 15.0 Å². The van der Waals surface area contributed by atoms with Crippen LogP contribution in [0.1, 0.15) is 47.8 Å². The Morgan fingerprint density at radius 1 is 0.585 bits per heavy atom. The Morgan fingerprint density at radius 3 is 2.04 bits per heavy atom. The van der Waals surface area contributed by atoms with E-state index in [9.17, 15) is 0 Å². The van der Waals surface area contributed by atoms with Crippen LogP contribution >= 0.6 is 0 Å². The van der Waals surface area contributed by atoms with Gasteiger partial charge in [-0.15, -0.1) is 0 Å². The van der Waals surface area contributed by atoms with Crippen molar-refractivity contribution in [2.45, 2.75) is 31.2 Å². The van der Waals surface area contributed by atoms with Gasteiger partial charge >= 0.3 is 0 Å². The van der Waals surface area contributed by atoms with E-state index in [1.807, 2.05) is 18.2 Å². The van der Waals surface area contributed by atoms with E-state index in [1.165, 1.54) is 44.8 Å². The van der Waals surface area contributed by atoms with E-state index < -0.39 is 0 Å². The molecule has 0 radical (unpaired) electrons. The molecule has 8 aromatic rings. The maximum absolute atomic E-state index is 6.56. The number of hydrogen-bond donors (Lipinski definition) is 0. The predicted molar refractivity (Wildman–Crippen MR) is 213 cm³/mol. The Hall–Kier alpha value is -6.59. The van der Waals surface area contributed by atoms with Crippen LogP contribution in [0.15, 0.2) is 156 Å². The average molecular weight is 683 g/mol. The summed E-state index contributed by atoms with van der Waals surface area (Å²) in [5, 5.41) is 1.09. The number of fused-ring (bicyclic) bond motifs is 10. The molecule has 5 heteroatoms. The molecular weight excluding hydrogens is 649 g/mol. The highest BCUT2D eigenvalue weighted by Gasteiger charge is 2.43. The summed E-state index contributed by atoms with van der Waals surface area (Å²) in [7, 11) is 0. The molecule has 2 aromatic heterocycles. The van der Waals surface area contributed by atoms with Crippen LogP contribution in [0.25, 0.3) is 62.3 Å². The van der Waals surface area contributed by atoms with Crippen molar-refractivity contribution >= 4 is 28.4 Å². The molecule has 0 saturated carbocycles. The normalized spacial score (nSPS) is 17.3. The van der Waals surface area contributed by atoms with Gasteiger partial charge in [-0.05, 0) is 76.4 Å². The van der Waals surface area contributed by atoms with Crippen LogP contribution in [0, 0.1) is 0 Å². The van der Waals surface area contributed by atoms with Gasteiger partial charge in [-0.2, -0.15) is 0 Å². The molecule has 0 N–H and O–H groups in total. The van der Waals surface area contributed by atoms with Crippen LogP contribution in [0.4, 0.5) is 11.4 Å². The Morgan fingerprint density at radius 2 is 1.23 bits per heavy atom. The molecule has 53 heavy (non-hydrogen) atoms. The first-order valence-corrected chi connectivity index (χ1v) is 18.3. The Labute approximate surface area is 308 Å². The van der Waals surface area contributed by atoms with Crippen molar-refractivity contribution in [3.8, 4) is 45.3 Å². The number of nitrogens with zero attached hydrogens (tertiary/aromatic N) is 4. The zero-order chi connectivity index (χ0) is 35.3. The molecular formula is C48H34N4O. The molecule has 3 aliphatic rings. The van der Waals surface area contributed by atoms with Crippen LogP contribution in [-0.2, 0) is 5.41 Å². The molecule has 0 amide bonds. The number of benzene rings is 6. The summed E-state index contributed by atoms with van der Waals surface area (Å²) in [6, 6.07) is 51.5. The monoisotopic (exact) mass is 682 g/mol. The summed E-state index contributed by atoms with van der Waals surface area (Å²) in [6.07, 6.45) is 4.45. The van der Waals surface area contributed by atoms with Crippen molar-refractivity contribution < 1.29 is 4.42 Å². The van der Waals surface area contributed by atoms with Gasteiger partial charge in [0.15, 0.2) is 17.5 Å². The lowest BCUT2D eigenvalue weighted by atomic mass is 9.82. The van der Waals surface area contributed by atoms with Gasteiger partial charge in [-0.1, -0.05) is 123 Å². The van der Waals surface area contributed by atoms with Crippen LogP contribution in [0.3, 0.4) is 0 Å². The van der Waals surface area contributed by atoms with E-state index in [4.69, 9.17) is 19.4 Å². The molecule has 0 fully saturated rings. The first kappa shape index (κ1) is 30.1. The Bertz CT molecular complexity index is 2780. The van der Waals surface area contributed by atoms with Crippen molar-refractivity contribution in [2.75, 3.05) is 4.90 Å². The summed E-state index contributed by atoms with van der Waals surface area (Å²) in [6.45, 7) is 4.61. The molecule has 1 aliphatic heterocycles. The van der Waals surface area contributed by atoms with Crippen molar-refractivity contribution in [1.29, 1.82) is 0 Å². The molecule has 11 rings (SSSR count). The van der Waals surface area contributed by atoms with Crippen molar-refractivity contribution in [2.24, 2.45) is 0 Å². The summed E-state index contributed by atoms with van der Waals surface area (Å²) in [5.74, 6) is 2.95. The molecule has 252 valence electrons. The van der Waals surface area contributed by atoms with E-state index in [2.05, 4.69) is 158 Å². The van der Waals surface area contributed by atoms with E-state index in [0.717, 1.165) is 33.4 Å². The topological polar surface area (TPSA) is 55.1 Å². The molecule has 3 heterocycles. The Balaban J connectivity index is 1.07. The minimum Gasteiger partial charge on any atom is -0.456 e. The van der Waals surface area contributed by atoms with Crippen molar-refractivity contribution in [3.63, 3.8) is 0 Å². The van der Waals surface area contributed by atoms with Gasteiger partial charge in [0.05, 0.1) is 6.04 Å². The molecule has 5 nitrogen and oxygen atoms in total. The summed E-state index contributed by atoms with van der Waals surface area (Å²) in [4.78, 5) is 17.9. The van der Waals surface area contributed by atoms with Gasteiger partial charge in [0.2, 0.25) is 0 Å². The maximum Gasteiger partial charge on any atom is 0.164 e. The number of furan rings is 1. The zero-order valence-electron chi connectivity index (χ0n) is 29.4. The van der Waals surface area contributed by atoms with Crippen LogP contribution in [0.2, 0.25) is 0 Å². The molecule has 0 bridgehead atoms. The first-order chi connectivity index (χ1) is 26.0. The largest absolute Gasteiger partial charge is 0.456 e. The molecule has 0 saturated heterocycles. The molecule has 2 unspecified atom stereocenters. The SMILES string of the molecule is CC1(C)c2ccccc2-c2ccc(-c3nc(-c4ccccc4)nc(-c4ccc5oc6c(c5c4)C4c5ccccc5N(c5ccccc5)C4C=C6)n3)cc21. The van der Waals surface area contributed by atoms with Gasteiger partial charge in [0.1, 0.15) is 11.3 Å². The fourth-order valence-electron chi connectivity index (χ4n) is 8.99. The van der Waals surface area contributed by atoms with Crippen LogP contribution in [0.5, 0.6) is 0 Å². The third-order valence-electron chi connectivity index (χ3n) is 11.5. The summed E-state index contributed by atoms with van der Waals surface area (Å²) < 4.78 is 6.56. The number of hydrogen-bond acceptors (Lipinski definition) is 5. The second-order valence-electron chi connectivity index (χ2n) is 14.8. The van der Waals surface area contributed by atoms with Crippen LogP contribution in [-0.4, -0.2) is 21.0 Å². The highest BCUT2D eigenvalue weighted by Crippen LogP contribution is 2.54. The van der Waals surface area contributed by atoms with Crippen molar-refractivity contribution in [3.05, 3.63) is 180 Å². The fraction of sp³-hybridized carbons (Fsp3) is 0.104.